The number of esters is 1. The third-order valence-corrected chi connectivity index (χ3v) is 9.63. The van der Waals surface area contributed by atoms with Crippen molar-refractivity contribution in [3.05, 3.63) is 42.6 Å². The van der Waals surface area contributed by atoms with Crippen LogP contribution in [0.3, 0.4) is 0 Å². The van der Waals surface area contributed by atoms with Crippen molar-refractivity contribution in [2.75, 3.05) is 13.2 Å². The zero-order valence-electron chi connectivity index (χ0n) is 24.8. The van der Waals surface area contributed by atoms with Gasteiger partial charge in [-0.15, -0.1) is 11.8 Å². The largest absolute Gasteiger partial charge is 0.487 e. The number of amides is 1. The first kappa shape index (κ1) is 29.8. The van der Waals surface area contributed by atoms with Crippen LogP contribution in [0.1, 0.15) is 68.2 Å². The zero-order chi connectivity index (χ0) is 28.8. The Morgan fingerprint density at radius 2 is 1.79 bits per heavy atom. The van der Waals surface area contributed by atoms with E-state index in [0.717, 1.165) is 18.6 Å². The fourth-order valence-electron chi connectivity index (χ4n) is 6.03. The van der Waals surface area contributed by atoms with Gasteiger partial charge in [0.05, 0.1) is 12.2 Å². The SMILES string of the molecule is C=C(COc1ccccc1)NC1C(=O)N2C1SC(C)(C)C2C(=O)OCC1CCC(C(C)(C)C)C(C(C)(C)C)O1. The molecule has 216 valence electrons. The highest BCUT2D eigenvalue weighted by atomic mass is 32.2. The van der Waals surface area contributed by atoms with Gasteiger partial charge >= 0.3 is 5.97 Å². The Morgan fingerprint density at radius 1 is 1.13 bits per heavy atom. The van der Waals surface area contributed by atoms with Crippen molar-refractivity contribution >= 4 is 23.6 Å². The van der Waals surface area contributed by atoms with Crippen molar-refractivity contribution < 1.29 is 23.8 Å². The minimum atomic E-state index is -0.642. The number of hydrogen-bond donors (Lipinski definition) is 1. The molecule has 0 bridgehead atoms. The van der Waals surface area contributed by atoms with Gasteiger partial charge in [-0.1, -0.05) is 66.3 Å². The van der Waals surface area contributed by atoms with Gasteiger partial charge in [0.1, 0.15) is 36.4 Å². The number of ether oxygens (including phenoxy) is 3. The number of carbonyl (C=O) groups is 2. The Hall–Kier alpha value is -2.19. The van der Waals surface area contributed by atoms with E-state index in [4.69, 9.17) is 14.2 Å². The molecule has 0 spiro atoms. The van der Waals surface area contributed by atoms with E-state index in [2.05, 4.69) is 53.4 Å². The lowest BCUT2D eigenvalue weighted by molar-refractivity contribution is -0.182. The third-order valence-electron chi connectivity index (χ3n) is 8.06. The van der Waals surface area contributed by atoms with Crippen LogP contribution in [0.15, 0.2) is 42.6 Å². The summed E-state index contributed by atoms with van der Waals surface area (Å²) < 4.78 is 17.7. The normalized spacial score (nSPS) is 30.3. The average Bonchev–Trinajstić information content (AvgIpc) is 3.11. The number of para-hydroxylation sites is 1. The lowest BCUT2D eigenvalue weighted by Gasteiger charge is -2.48. The number of β-lactam (4-membered cyclic amide) rings is 1. The van der Waals surface area contributed by atoms with Gasteiger partial charge in [-0.25, -0.2) is 4.79 Å². The first-order chi connectivity index (χ1) is 18.1. The molecule has 39 heavy (non-hydrogen) atoms. The van der Waals surface area contributed by atoms with Crippen LogP contribution in [0, 0.1) is 16.7 Å². The fraction of sp³-hybridized carbons (Fsp3) is 0.677. The van der Waals surface area contributed by atoms with Crippen molar-refractivity contribution in [3.8, 4) is 5.75 Å². The maximum atomic E-state index is 13.4. The van der Waals surface area contributed by atoms with Crippen molar-refractivity contribution in [1.29, 1.82) is 0 Å². The van der Waals surface area contributed by atoms with E-state index in [0.29, 0.717) is 11.6 Å². The van der Waals surface area contributed by atoms with Crippen LogP contribution in [0.4, 0.5) is 0 Å². The first-order valence-corrected chi connectivity index (χ1v) is 14.9. The standard InChI is InChI=1S/C31H46N2O5S/c1-19(17-36-20-13-11-10-12-14-20)32-23-26(34)33-24(31(8,9)39-27(23)33)28(35)37-18-21-15-16-22(29(2,3)4)25(38-21)30(5,6)7/h10-14,21-25,27,32H,1,15-18H2,2-9H3. The molecule has 4 rings (SSSR count). The summed E-state index contributed by atoms with van der Waals surface area (Å²) in [6, 6.07) is 8.40. The molecule has 0 radical (unpaired) electrons. The molecule has 3 saturated heterocycles. The van der Waals surface area contributed by atoms with E-state index >= 15 is 0 Å². The first-order valence-electron chi connectivity index (χ1n) is 14.0. The maximum Gasteiger partial charge on any atom is 0.330 e. The lowest BCUT2D eigenvalue weighted by atomic mass is 9.66. The minimum absolute atomic E-state index is 0.0138. The summed E-state index contributed by atoms with van der Waals surface area (Å²) in [6.45, 7) is 22.0. The second-order valence-electron chi connectivity index (χ2n) is 13.8. The van der Waals surface area contributed by atoms with E-state index in [1.54, 1.807) is 16.7 Å². The number of fused-ring (bicyclic) bond motifs is 1. The molecule has 8 heteroatoms. The number of carbonyl (C=O) groups excluding carboxylic acids is 2. The summed E-state index contributed by atoms with van der Waals surface area (Å²) >= 11 is 1.62. The van der Waals surface area contributed by atoms with Crippen molar-refractivity contribution in [2.45, 2.75) is 103 Å². The fourth-order valence-corrected chi connectivity index (χ4v) is 7.65. The molecule has 1 N–H and O–H groups in total. The van der Waals surface area contributed by atoms with Crippen LogP contribution >= 0.6 is 11.8 Å². The molecular formula is C31H46N2O5S. The van der Waals surface area contributed by atoms with Crippen LogP contribution in [0.25, 0.3) is 0 Å². The van der Waals surface area contributed by atoms with Crippen LogP contribution in [0.5, 0.6) is 5.75 Å². The highest BCUT2D eigenvalue weighted by Crippen LogP contribution is 2.51. The molecule has 3 fully saturated rings. The molecule has 6 unspecified atom stereocenters. The summed E-state index contributed by atoms with van der Waals surface area (Å²) in [5, 5.41) is 3.06. The van der Waals surface area contributed by atoms with Gasteiger partial charge in [0.2, 0.25) is 5.91 Å². The third kappa shape index (κ3) is 6.43. The summed E-state index contributed by atoms with van der Waals surface area (Å²) in [6.07, 6.45) is 1.84. The van der Waals surface area contributed by atoms with Crippen LogP contribution < -0.4 is 10.1 Å². The monoisotopic (exact) mass is 558 g/mol. The second kappa shape index (κ2) is 11.0. The maximum absolute atomic E-state index is 13.4. The van der Waals surface area contributed by atoms with E-state index in [9.17, 15) is 9.59 Å². The Bertz CT molecular complexity index is 1060. The van der Waals surface area contributed by atoms with E-state index in [-0.39, 0.29) is 53.5 Å². The molecule has 0 aromatic heterocycles. The Balaban J connectivity index is 1.32. The van der Waals surface area contributed by atoms with Crippen molar-refractivity contribution in [3.63, 3.8) is 0 Å². The predicted octanol–water partition coefficient (Wildman–Crippen LogP) is 5.40. The molecule has 6 atom stereocenters. The van der Waals surface area contributed by atoms with Gasteiger partial charge in [0.25, 0.3) is 0 Å². The number of thioether (sulfide) groups is 1. The van der Waals surface area contributed by atoms with Gasteiger partial charge in [0, 0.05) is 10.4 Å². The van der Waals surface area contributed by atoms with E-state index < -0.39 is 16.8 Å². The Labute approximate surface area is 238 Å². The summed E-state index contributed by atoms with van der Waals surface area (Å²) in [5.41, 5.74) is 0.749. The highest BCUT2D eigenvalue weighted by molar-refractivity contribution is 8.01. The zero-order valence-corrected chi connectivity index (χ0v) is 25.6. The number of rotatable bonds is 8. The van der Waals surface area contributed by atoms with Gasteiger partial charge < -0.3 is 24.4 Å². The molecule has 1 aromatic carbocycles. The molecule has 1 amide bonds. The van der Waals surface area contributed by atoms with Crippen LogP contribution in [0.2, 0.25) is 0 Å². The van der Waals surface area contributed by atoms with Crippen LogP contribution in [-0.2, 0) is 19.1 Å². The molecule has 3 aliphatic rings. The summed E-state index contributed by atoms with van der Waals surface area (Å²) in [4.78, 5) is 28.2. The molecule has 7 nitrogen and oxygen atoms in total. The van der Waals surface area contributed by atoms with Gasteiger partial charge in [-0.3, -0.25) is 4.79 Å². The summed E-state index contributed by atoms with van der Waals surface area (Å²) in [5.74, 6) is 0.703. The molecule has 3 heterocycles. The van der Waals surface area contributed by atoms with Gasteiger partial charge in [-0.05, 0) is 55.6 Å². The van der Waals surface area contributed by atoms with E-state index in [1.807, 2.05) is 44.2 Å². The van der Waals surface area contributed by atoms with Gasteiger partial charge in [0.15, 0.2) is 0 Å². The Kier molecular flexibility index (Phi) is 8.40. The molecule has 0 saturated carbocycles. The predicted molar refractivity (Wildman–Crippen MR) is 155 cm³/mol. The van der Waals surface area contributed by atoms with Crippen molar-refractivity contribution in [2.24, 2.45) is 16.7 Å². The number of nitrogens with one attached hydrogen (secondary N) is 1. The highest BCUT2D eigenvalue weighted by Gasteiger charge is 2.64. The second-order valence-corrected chi connectivity index (χ2v) is 15.6. The lowest BCUT2D eigenvalue weighted by Crippen LogP contribution is -2.70. The molecule has 1 aromatic rings. The van der Waals surface area contributed by atoms with Crippen molar-refractivity contribution in [1.82, 2.24) is 10.2 Å². The Morgan fingerprint density at radius 3 is 2.41 bits per heavy atom. The summed E-state index contributed by atoms with van der Waals surface area (Å²) in [7, 11) is 0. The quantitative estimate of drug-likeness (QED) is 0.338. The number of benzene rings is 1. The smallest absolute Gasteiger partial charge is 0.330 e. The van der Waals surface area contributed by atoms with E-state index in [1.165, 1.54) is 0 Å². The molecule has 0 aliphatic carbocycles. The average molecular weight is 559 g/mol. The van der Waals surface area contributed by atoms with Gasteiger partial charge in [-0.2, -0.15) is 0 Å². The molecule has 3 aliphatic heterocycles. The number of hydrogen-bond acceptors (Lipinski definition) is 7. The van der Waals surface area contributed by atoms with Crippen LogP contribution in [-0.4, -0.2) is 64.4 Å². The minimum Gasteiger partial charge on any atom is -0.487 e. The molecular weight excluding hydrogens is 512 g/mol. The number of nitrogens with zero attached hydrogens (tertiary/aromatic N) is 1. The topological polar surface area (TPSA) is 77.1 Å².